The minimum absolute atomic E-state index is 0.129. The first-order valence-electron chi connectivity index (χ1n) is 8.74. The predicted octanol–water partition coefficient (Wildman–Crippen LogP) is 0.932. The molecule has 1 saturated heterocycles. The molecule has 1 fully saturated rings. The number of nitrogens with one attached hydrogen (secondary N) is 1. The molecule has 0 radical (unpaired) electrons. The molecule has 3 rings (SSSR count). The summed E-state index contributed by atoms with van der Waals surface area (Å²) in [6, 6.07) is 10.7. The Kier molecular flexibility index (Phi) is 5.98. The van der Waals surface area contributed by atoms with Gasteiger partial charge < -0.3 is 14.4 Å². The van der Waals surface area contributed by atoms with Gasteiger partial charge in [-0.2, -0.15) is 4.31 Å². The van der Waals surface area contributed by atoms with Crippen molar-refractivity contribution in [2.75, 3.05) is 40.4 Å². The fourth-order valence-electron chi connectivity index (χ4n) is 3.24. The second-order valence-electron chi connectivity index (χ2n) is 6.46. The second kappa shape index (κ2) is 8.24. The van der Waals surface area contributed by atoms with Crippen molar-refractivity contribution in [1.29, 1.82) is 0 Å². The molecular weight excluding hydrogens is 371 g/mol. The van der Waals surface area contributed by atoms with Crippen LogP contribution in [0.25, 0.3) is 0 Å². The number of ether oxygens (including phenoxy) is 2. The molecule has 0 unspecified atom stereocenters. The van der Waals surface area contributed by atoms with Gasteiger partial charge in [-0.05, 0) is 36.4 Å². The SMILES string of the molecule is COc1ccc(C[NH+]2CCN(S(=O)(=O)c3ccc(F)cc3)CC2)c(OC)c1. The maximum Gasteiger partial charge on any atom is 0.243 e. The number of sulfonamides is 1. The standard InChI is InChI=1S/C19H23FN2O4S/c1-25-17-6-3-15(19(13-17)26-2)14-21-9-11-22(12-10-21)27(23,24)18-7-4-16(20)5-8-18/h3-8,13H,9-12,14H2,1-2H3/p+1. The average molecular weight is 395 g/mol. The Labute approximate surface area is 159 Å². The van der Waals surface area contributed by atoms with Crippen molar-refractivity contribution in [1.82, 2.24) is 4.31 Å². The molecule has 27 heavy (non-hydrogen) atoms. The van der Waals surface area contributed by atoms with Crippen LogP contribution < -0.4 is 14.4 Å². The van der Waals surface area contributed by atoms with Crippen LogP contribution in [0.1, 0.15) is 5.56 Å². The quantitative estimate of drug-likeness (QED) is 0.791. The zero-order valence-corrected chi connectivity index (χ0v) is 16.3. The number of rotatable bonds is 6. The summed E-state index contributed by atoms with van der Waals surface area (Å²) in [7, 11) is -0.347. The second-order valence-corrected chi connectivity index (χ2v) is 8.40. The van der Waals surface area contributed by atoms with E-state index in [4.69, 9.17) is 9.47 Å². The van der Waals surface area contributed by atoms with Crippen molar-refractivity contribution in [2.24, 2.45) is 0 Å². The maximum atomic E-state index is 13.1. The third-order valence-corrected chi connectivity index (χ3v) is 6.73. The Morgan fingerprint density at radius 2 is 1.70 bits per heavy atom. The summed E-state index contributed by atoms with van der Waals surface area (Å²) in [6.45, 7) is 2.98. The van der Waals surface area contributed by atoms with Gasteiger partial charge in [-0.3, -0.25) is 0 Å². The summed E-state index contributed by atoms with van der Waals surface area (Å²) in [5.74, 6) is 1.06. The minimum Gasteiger partial charge on any atom is -0.497 e. The Balaban J connectivity index is 1.64. The number of piperazine rings is 1. The highest BCUT2D eigenvalue weighted by molar-refractivity contribution is 7.89. The van der Waals surface area contributed by atoms with E-state index < -0.39 is 15.8 Å². The summed E-state index contributed by atoms with van der Waals surface area (Å²) in [6.07, 6.45) is 0. The zero-order chi connectivity index (χ0) is 19.4. The molecule has 1 heterocycles. The van der Waals surface area contributed by atoms with E-state index in [-0.39, 0.29) is 4.90 Å². The van der Waals surface area contributed by atoms with Crippen LogP contribution in [0.3, 0.4) is 0 Å². The molecule has 1 aliphatic rings. The minimum atomic E-state index is -3.58. The number of methoxy groups -OCH3 is 2. The van der Waals surface area contributed by atoms with E-state index in [1.54, 1.807) is 14.2 Å². The van der Waals surface area contributed by atoms with Crippen LogP contribution in [-0.4, -0.2) is 53.1 Å². The monoisotopic (exact) mass is 395 g/mol. The van der Waals surface area contributed by atoms with E-state index in [2.05, 4.69) is 0 Å². The Hall–Kier alpha value is -2.16. The number of halogens is 1. The number of nitrogens with zero attached hydrogens (tertiary/aromatic N) is 1. The molecule has 0 amide bonds. The summed E-state index contributed by atoms with van der Waals surface area (Å²) in [5, 5.41) is 0. The molecule has 0 spiro atoms. The molecule has 0 aliphatic carbocycles. The van der Waals surface area contributed by atoms with Crippen LogP contribution in [0.2, 0.25) is 0 Å². The first-order chi connectivity index (χ1) is 12.9. The van der Waals surface area contributed by atoms with Gasteiger partial charge in [0, 0.05) is 11.6 Å². The predicted molar refractivity (Wildman–Crippen MR) is 99.1 cm³/mol. The lowest BCUT2D eigenvalue weighted by Gasteiger charge is -2.31. The lowest BCUT2D eigenvalue weighted by atomic mass is 10.1. The van der Waals surface area contributed by atoms with E-state index in [0.29, 0.717) is 26.2 Å². The molecule has 0 saturated carbocycles. The van der Waals surface area contributed by atoms with Gasteiger partial charge in [0.2, 0.25) is 10.0 Å². The molecule has 0 atom stereocenters. The van der Waals surface area contributed by atoms with Crippen molar-refractivity contribution in [3.05, 3.63) is 53.8 Å². The first-order valence-corrected chi connectivity index (χ1v) is 10.2. The number of benzene rings is 2. The van der Waals surface area contributed by atoms with Gasteiger partial charge in [-0.25, -0.2) is 12.8 Å². The molecule has 0 aromatic heterocycles. The fourth-order valence-corrected chi connectivity index (χ4v) is 4.68. The third kappa shape index (κ3) is 4.40. The topological polar surface area (TPSA) is 60.3 Å². The lowest BCUT2D eigenvalue weighted by Crippen LogP contribution is -3.13. The molecule has 0 bridgehead atoms. The first kappa shape index (κ1) is 19.6. The van der Waals surface area contributed by atoms with E-state index in [1.165, 1.54) is 33.5 Å². The number of hydrogen-bond acceptors (Lipinski definition) is 4. The highest BCUT2D eigenvalue weighted by atomic mass is 32.2. The highest BCUT2D eigenvalue weighted by Crippen LogP contribution is 2.24. The Morgan fingerprint density at radius 1 is 1.04 bits per heavy atom. The molecule has 8 heteroatoms. The lowest BCUT2D eigenvalue weighted by molar-refractivity contribution is -0.917. The van der Waals surface area contributed by atoms with Crippen LogP contribution in [0.5, 0.6) is 11.5 Å². The summed E-state index contributed by atoms with van der Waals surface area (Å²) < 4.78 is 50.6. The molecule has 2 aromatic carbocycles. The molecular formula is C19H24FN2O4S+. The highest BCUT2D eigenvalue weighted by Gasteiger charge is 2.30. The van der Waals surface area contributed by atoms with Crippen molar-refractivity contribution < 1.29 is 27.2 Å². The van der Waals surface area contributed by atoms with Crippen molar-refractivity contribution in [3.8, 4) is 11.5 Å². The molecule has 1 N–H and O–H groups in total. The maximum absolute atomic E-state index is 13.1. The van der Waals surface area contributed by atoms with E-state index in [1.807, 2.05) is 18.2 Å². The van der Waals surface area contributed by atoms with E-state index >= 15 is 0 Å². The fraction of sp³-hybridized carbons (Fsp3) is 0.368. The Morgan fingerprint density at radius 3 is 2.30 bits per heavy atom. The van der Waals surface area contributed by atoms with Crippen molar-refractivity contribution >= 4 is 10.0 Å². The molecule has 1 aliphatic heterocycles. The van der Waals surface area contributed by atoms with Crippen molar-refractivity contribution in [3.63, 3.8) is 0 Å². The van der Waals surface area contributed by atoms with Crippen LogP contribution in [0.4, 0.5) is 4.39 Å². The van der Waals surface area contributed by atoms with Gasteiger partial charge in [-0.1, -0.05) is 0 Å². The summed E-state index contributed by atoms with van der Waals surface area (Å²) in [5.41, 5.74) is 1.06. The van der Waals surface area contributed by atoms with E-state index in [0.717, 1.165) is 23.6 Å². The van der Waals surface area contributed by atoms with Gasteiger partial charge in [0.25, 0.3) is 0 Å². The van der Waals surface area contributed by atoms with Crippen LogP contribution >= 0.6 is 0 Å². The van der Waals surface area contributed by atoms with Gasteiger partial charge in [0.05, 0.1) is 45.3 Å². The molecule has 6 nitrogen and oxygen atoms in total. The molecule has 2 aromatic rings. The molecule has 146 valence electrons. The van der Waals surface area contributed by atoms with Gasteiger partial charge >= 0.3 is 0 Å². The average Bonchev–Trinajstić information content (AvgIpc) is 2.69. The number of quaternary nitrogens is 1. The smallest absolute Gasteiger partial charge is 0.243 e. The summed E-state index contributed by atoms with van der Waals surface area (Å²) >= 11 is 0. The third-order valence-electron chi connectivity index (χ3n) is 4.82. The van der Waals surface area contributed by atoms with Crippen LogP contribution in [0.15, 0.2) is 47.4 Å². The van der Waals surface area contributed by atoms with Gasteiger partial charge in [-0.15, -0.1) is 0 Å². The van der Waals surface area contributed by atoms with Gasteiger partial charge in [0.1, 0.15) is 23.9 Å². The zero-order valence-electron chi connectivity index (χ0n) is 15.4. The largest absolute Gasteiger partial charge is 0.497 e. The van der Waals surface area contributed by atoms with E-state index in [9.17, 15) is 12.8 Å². The van der Waals surface area contributed by atoms with Crippen LogP contribution in [-0.2, 0) is 16.6 Å². The van der Waals surface area contributed by atoms with Gasteiger partial charge in [0.15, 0.2) is 0 Å². The summed E-state index contributed by atoms with van der Waals surface area (Å²) in [4.78, 5) is 1.41. The Bertz CT molecular complexity index is 879. The number of hydrogen-bond donors (Lipinski definition) is 1. The van der Waals surface area contributed by atoms with Crippen LogP contribution in [0, 0.1) is 5.82 Å². The van der Waals surface area contributed by atoms with Crippen molar-refractivity contribution in [2.45, 2.75) is 11.4 Å². The normalized spacial score (nSPS) is 16.3.